The van der Waals surface area contributed by atoms with Gasteiger partial charge in [-0.25, -0.2) is 0 Å². The summed E-state index contributed by atoms with van der Waals surface area (Å²) in [6, 6.07) is 0. The minimum atomic E-state index is -0.770. The highest BCUT2D eigenvalue weighted by Gasteiger charge is 2.19. The molecule has 0 bridgehead atoms. The molecule has 0 aromatic heterocycles. The minimum Gasteiger partial charge on any atom is -0.462 e. The summed E-state index contributed by atoms with van der Waals surface area (Å²) in [5.41, 5.74) is 0. The molecule has 58 heavy (non-hydrogen) atoms. The quantitative estimate of drug-likeness (QED) is 0.0264. The van der Waals surface area contributed by atoms with Gasteiger partial charge in [-0.05, 0) is 70.6 Å². The van der Waals surface area contributed by atoms with E-state index in [1.54, 1.807) is 0 Å². The number of carbonyl (C=O) groups is 3. The number of allylic oxidation sites excluding steroid dienone is 12. The highest BCUT2D eigenvalue weighted by atomic mass is 16.6. The van der Waals surface area contributed by atoms with Crippen LogP contribution in [0.15, 0.2) is 72.9 Å². The molecule has 0 fully saturated rings. The molecule has 0 aromatic rings. The van der Waals surface area contributed by atoms with E-state index in [2.05, 4.69) is 93.7 Å². The summed E-state index contributed by atoms with van der Waals surface area (Å²) >= 11 is 0. The average Bonchev–Trinajstić information content (AvgIpc) is 3.22. The van der Waals surface area contributed by atoms with Crippen LogP contribution in [0.1, 0.15) is 220 Å². The van der Waals surface area contributed by atoms with Crippen LogP contribution < -0.4 is 0 Å². The lowest BCUT2D eigenvalue weighted by molar-refractivity contribution is -0.167. The van der Waals surface area contributed by atoms with E-state index < -0.39 is 6.10 Å². The third-order valence-corrected chi connectivity index (χ3v) is 9.98. The van der Waals surface area contributed by atoms with Crippen LogP contribution in [0.3, 0.4) is 0 Å². The molecule has 0 rings (SSSR count). The average molecular weight is 809 g/mol. The zero-order valence-corrected chi connectivity index (χ0v) is 37.8. The third-order valence-electron chi connectivity index (χ3n) is 9.98. The van der Waals surface area contributed by atoms with Gasteiger partial charge in [-0.1, -0.05) is 203 Å². The second-order valence-electron chi connectivity index (χ2n) is 15.6. The van der Waals surface area contributed by atoms with Crippen LogP contribution >= 0.6 is 0 Å². The fourth-order valence-electron chi connectivity index (χ4n) is 6.38. The lowest BCUT2D eigenvalue weighted by Crippen LogP contribution is -2.30. The summed E-state index contributed by atoms with van der Waals surface area (Å²) in [6.45, 7) is 6.38. The topological polar surface area (TPSA) is 78.9 Å². The van der Waals surface area contributed by atoms with Gasteiger partial charge >= 0.3 is 17.9 Å². The molecule has 0 spiro atoms. The molecular weight excluding hydrogens is 721 g/mol. The SMILES string of the molecule is CC/C=C\C/C=C\C/C=C\C/C=C\C/C=C\C/C=C\CCCCCCCCCCC(=O)OCC(COC(=O)CCCCCCC)OC(=O)CCCCCCCCCC. The summed E-state index contributed by atoms with van der Waals surface area (Å²) in [5.74, 6) is -0.908. The van der Waals surface area contributed by atoms with Crippen molar-refractivity contribution in [2.45, 2.75) is 226 Å². The Morgan fingerprint density at radius 2 is 0.672 bits per heavy atom. The molecule has 0 aliphatic rings. The predicted molar refractivity (Wildman–Crippen MR) is 247 cm³/mol. The Morgan fingerprint density at radius 1 is 0.362 bits per heavy atom. The summed E-state index contributed by atoms with van der Waals surface area (Å²) < 4.78 is 16.5. The van der Waals surface area contributed by atoms with E-state index in [0.717, 1.165) is 109 Å². The van der Waals surface area contributed by atoms with Crippen LogP contribution in [0.4, 0.5) is 0 Å². The number of unbranched alkanes of at least 4 members (excludes halogenated alkanes) is 19. The van der Waals surface area contributed by atoms with Gasteiger partial charge in [0, 0.05) is 19.3 Å². The van der Waals surface area contributed by atoms with Gasteiger partial charge in [0.1, 0.15) is 13.2 Å². The first-order valence-electron chi connectivity index (χ1n) is 23.9. The van der Waals surface area contributed by atoms with Crippen molar-refractivity contribution in [3.8, 4) is 0 Å². The van der Waals surface area contributed by atoms with Crippen LogP contribution in [0, 0.1) is 0 Å². The van der Waals surface area contributed by atoms with Crippen molar-refractivity contribution in [2.24, 2.45) is 0 Å². The van der Waals surface area contributed by atoms with Gasteiger partial charge in [0.05, 0.1) is 0 Å². The minimum absolute atomic E-state index is 0.0777. The van der Waals surface area contributed by atoms with Crippen LogP contribution in [0.2, 0.25) is 0 Å². The third kappa shape index (κ3) is 44.0. The molecule has 6 heteroatoms. The van der Waals surface area contributed by atoms with Crippen LogP contribution in [0.25, 0.3) is 0 Å². The van der Waals surface area contributed by atoms with Gasteiger partial charge in [-0.2, -0.15) is 0 Å². The van der Waals surface area contributed by atoms with Crippen molar-refractivity contribution in [3.05, 3.63) is 72.9 Å². The van der Waals surface area contributed by atoms with Gasteiger partial charge in [0.25, 0.3) is 0 Å². The maximum Gasteiger partial charge on any atom is 0.306 e. The number of hydrogen-bond acceptors (Lipinski definition) is 6. The van der Waals surface area contributed by atoms with Crippen molar-refractivity contribution in [1.29, 1.82) is 0 Å². The smallest absolute Gasteiger partial charge is 0.306 e. The number of esters is 3. The number of ether oxygens (including phenoxy) is 3. The van der Waals surface area contributed by atoms with Crippen LogP contribution in [-0.2, 0) is 28.6 Å². The maximum absolute atomic E-state index is 12.6. The van der Waals surface area contributed by atoms with Crippen molar-refractivity contribution >= 4 is 17.9 Å². The second kappa shape index (κ2) is 46.5. The first-order valence-corrected chi connectivity index (χ1v) is 23.9. The standard InChI is InChI=1S/C52H88O6/c1-4-7-10-13-15-17-18-19-20-21-22-23-24-25-26-27-28-29-30-31-32-33-34-35-37-39-42-45-51(54)57-48-49(47-56-50(53)44-41-38-12-9-6-3)58-52(55)46-43-40-36-16-14-11-8-5-2/h7,10,15,17,19-20,22-23,25-26,28-29,49H,4-6,8-9,11-14,16,18,21,24,27,30-48H2,1-3H3/b10-7-,17-15-,20-19-,23-22-,26-25-,29-28-. The molecule has 0 aliphatic heterocycles. The summed E-state index contributed by atoms with van der Waals surface area (Å²) in [7, 11) is 0. The largest absolute Gasteiger partial charge is 0.462 e. The first-order chi connectivity index (χ1) is 28.5. The van der Waals surface area contributed by atoms with Gasteiger partial charge in [0.15, 0.2) is 6.10 Å². The highest BCUT2D eigenvalue weighted by molar-refractivity contribution is 5.71. The van der Waals surface area contributed by atoms with E-state index >= 15 is 0 Å². The molecule has 0 heterocycles. The molecule has 332 valence electrons. The molecule has 1 atom stereocenters. The van der Waals surface area contributed by atoms with Gasteiger partial charge < -0.3 is 14.2 Å². The molecule has 0 aromatic carbocycles. The van der Waals surface area contributed by atoms with Crippen molar-refractivity contribution in [2.75, 3.05) is 13.2 Å². The van der Waals surface area contributed by atoms with E-state index in [0.29, 0.717) is 19.3 Å². The van der Waals surface area contributed by atoms with Crippen LogP contribution in [-0.4, -0.2) is 37.2 Å². The summed E-state index contributed by atoms with van der Waals surface area (Å²) in [4.78, 5) is 37.4. The molecular formula is C52H88O6. The lowest BCUT2D eigenvalue weighted by Gasteiger charge is -2.18. The summed E-state index contributed by atoms with van der Waals surface area (Å²) in [5, 5.41) is 0. The second-order valence-corrected chi connectivity index (χ2v) is 15.6. The Hall–Kier alpha value is -3.15. The lowest BCUT2D eigenvalue weighted by atomic mass is 10.1. The van der Waals surface area contributed by atoms with E-state index in [1.165, 1.54) is 70.6 Å². The predicted octanol–water partition coefficient (Wildman–Crippen LogP) is 15.5. The molecule has 0 amide bonds. The molecule has 0 saturated heterocycles. The molecule has 6 nitrogen and oxygen atoms in total. The Labute approximate surface area is 357 Å². The maximum atomic E-state index is 12.6. The van der Waals surface area contributed by atoms with Gasteiger partial charge in [-0.15, -0.1) is 0 Å². The number of rotatable bonds is 42. The normalized spacial score (nSPS) is 12.7. The van der Waals surface area contributed by atoms with Crippen LogP contribution in [0.5, 0.6) is 0 Å². The first kappa shape index (κ1) is 54.9. The van der Waals surface area contributed by atoms with E-state index in [1.807, 2.05) is 0 Å². The van der Waals surface area contributed by atoms with Gasteiger partial charge in [-0.3, -0.25) is 14.4 Å². The Morgan fingerprint density at radius 3 is 1.05 bits per heavy atom. The zero-order valence-electron chi connectivity index (χ0n) is 37.8. The molecule has 0 N–H and O–H groups in total. The van der Waals surface area contributed by atoms with Crippen molar-refractivity contribution in [3.63, 3.8) is 0 Å². The zero-order chi connectivity index (χ0) is 42.3. The fourth-order valence-corrected chi connectivity index (χ4v) is 6.38. The summed E-state index contributed by atoms with van der Waals surface area (Å²) in [6.07, 6.45) is 57.9. The Kier molecular flexibility index (Phi) is 44.0. The van der Waals surface area contributed by atoms with E-state index in [-0.39, 0.29) is 31.1 Å². The Bertz CT molecular complexity index is 1110. The fraction of sp³-hybridized carbons (Fsp3) is 0.712. The van der Waals surface area contributed by atoms with E-state index in [9.17, 15) is 14.4 Å². The van der Waals surface area contributed by atoms with Crippen molar-refractivity contribution in [1.82, 2.24) is 0 Å². The molecule has 0 radical (unpaired) electrons. The number of hydrogen-bond donors (Lipinski definition) is 0. The molecule has 0 saturated carbocycles. The number of carbonyl (C=O) groups excluding carboxylic acids is 3. The van der Waals surface area contributed by atoms with Crippen molar-refractivity contribution < 1.29 is 28.6 Å². The molecule has 0 aliphatic carbocycles. The van der Waals surface area contributed by atoms with Gasteiger partial charge in [0.2, 0.25) is 0 Å². The Balaban J connectivity index is 4.04. The molecule has 1 unspecified atom stereocenters. The highest BCUT2D eigenvalue weighted by Crippen LogP contribution is 2.14. The van der Waals surface area contributed by atoms with E-state index in [4.69, 9.17) is 14.2 Å². The monoisotopic (exact) mass is 809 g/mol.